The van der Waals surface area contributed by atoms with E-state index in [9.17, 15) is 8.42 Å². The van der Waals surface area contributed by atoms with Crippen LogP contribution in [0.25, 0.3) is 0 Å². The maximum absolute atomic E-state index is 12.8. The van der Waals surface area contributed by atoms with Crippen LogP contribution in [0.2, 0.25) is 0 Å². The summed E-state index contributed by atoms with van der Waals surface area (Å²) >= 11 is 0. The molecule has 3 heteroatoms. The third-order valence-corrected chi connectivity index (χ3v) is 10.4. The fourth-order valence-corrected chi connectivity index (χ4v) is 7.72. The van der Waals surface area contributed by atoms with Crippen molar-refractivity contribution >= 4 is 9.84 Å². The van der Waals surface area contributed by atoms with Gasteiger partial charge in [-0.25, -0.2) is 8.42 Å². The Kier molecular flexibility index (Phi) is 8.97. The maximum Gasteiger partial charge on any atom is 0.155 e. The molecule has 2 aliphatic carbocycles. The van der Waals surface area contributed by atoms with Crippen molar-refractivity contribution < 1.29 is 8.42 Å². The molecule has 0 radical (unpaired) electrons. The molecule has 0 amide bonds. The molecule has 2 nitrogen and oxygen atoms in total. The van der Waals surface area contributed by atoms with Crippen molar-refractivity contribution in [2.75, 3.05) is 5.75 Å². The molecule has 0 unspecified atom stereocenters. The third-order valence-electron chi connectivity index (χ3n) is 7.74. The van der Waals surface area contributed by atoms with Gasteiger partial charge in [0.25, 0.3) is 0 Å². The fraction of sp³-hybridized carbons (Fsp3) is 1.00. The summed E-state index contributed by atoms with van der Waals surface area (Å²) in [7, 11) is -2.93. The van der Waals surface area contributed by atoms with Crippen LogP contribution in [0.1, 0.15) is 117 Å². The van der Waals surface area contributed by atoms with E-state index in [0.29, 0.717) is 5.75 Å². The summed E-state index contributed by atoms with van der Waals surface area (Å²) in [5.74, 6) is 2.98. The van der Waals surface area contributed by atoms with Crippen LogP contribution in [0.5, 0.6) is 0 Å². The lowest BCUT2D eigenvalue weighted by Gasteiger charge is -2.43. The van der Waals surface area contributed by atoms with Crippen LogP contribution in [-0.4, -0.2) is 18.9 Å². The van der Waals surface area contributed by atoms with Gasteiger partial charge in [-0.15, -0.1) is 0 Å². The van der Waals surface area contributed by atoms with Crippen molar-refractivity contribution in [3.05, 3.63) is 0 Å². The van der Waals surface area contributed by atoms with Gasteiger partial charge < -0.3 is 0 Å². The Labute approximate surface area is 163 Å². The van der Waals surface area contributed by atoms with E-state index in [0.717, 1.165) is 62.7 Å². The molecule has 0 heterocycles. The average Bonchev–Trinajstić information content (AvgIpc) is 2.67. The van der Waals surface area contributed by atoms with Gasteiger partial charge in [-0.05, 0) is 62.7 Å². The Bertz CT molecular complexity index is 480. The van der Waals surface area contributed by atoms with Crippen LogP contribution in [0.4, 0.5) is 0 Å². The number of sulfone groups is 1. The van der Waals surface area contributed by atoms with Crippen LogP contribution in [0, 0.1) is 17.8 Å². The summed E-state index contributed by atoms with van der Waals surface area (Å²) in [5.41, 5.74) is 0. The Morgan fingerprint density at radius 3 is 1.88 bits per heavy atom. The first-order valence-corrected chi connectivity index (χ1v) is 13.4. The van der Waals surface area contributed by atoms with Gasteiger partial charge in [0.1, 0.15) is 0 Å². The van der Waals surface area contributed by atoms with Gasteiger partial charge in [0.05, 0.1) is 4.75 Å². The molecule has 154 valence electrons. The highest BCUT2D eigenvalue weighted by atomic mass is 32.2. The van der Waals surface area contributed by atoms with E-state index in [4.69, 9.17) is 0 Å². The van der Waals surface area contributed by atoms with Crippen LogP contribution in [-0.2, 0) is 9.84 Å². The van der Waals surface area contributed by atoms with Crippen molar-refractivity contribution in [3.8, 4) is 0 Å². The molecule has 0 saturated heterocycles. The standard InChI is InChI=1S/C23H44O2S/c1-4-7-9-10-20-11-13-21(14-12-20)22-15-18-23(19-16-22,17-8-5-2)26(24,25)6-3/h20-22H,4-19H2,1-3H3. The molecule has 0 atom stereocenters. The molecule has 2 rings (SSSR count). The summed E-state index contributed by atoms with van der Waals surface area (Å²) in [5, 5.41) is 0. The SMILES string of the molecule is CCCCCC1CCC(C2CCC(CCCC)(S(=O)(=O)CC)CC2)CC1. The second-order valence-electron chi connectivity index (χ2n) is 9.30. The van der Waals surface area contributed by atoms with Gasteiger partial charge in [0.2, 0.25) is 0 Å². The predicted octanol–water partition coefficient (Wildman–Crippen LogP) is 6.93. The summed E-state index contributed by atoms with van der Waals surface area (Å²) < 4.78 is 25.3. The first-order valence-electron chi connectivity index (χ1n) is 11.7. The van der Waals surface area contributed by atoms with Crippen molar-refractivity contribution in [1.82, 2.24) is 0 Å². The number of rotatable bonds is 10. The van der Waals surface area contributed by atoms with E-state index in [2.05, 4.69) is 13.8 Å². The van der Waals surface area contributed by atoms with Crippen LogP contribution >= 0.6 is 0 Å². The number of hydrogen-bond donors (Lipinski definition) is 0. The summed E-state index contributed by atoms with van der Waals surface area (Å²) in [6.45, 7) is 6.31. The molecule has 2 saturated carbocycles. The highest BCUT2D eigenvalue weighted by Gasteiger charge is 2.45. The minimum absolute atomic E-state index is 0.324. The molecular weight excluding hydrogens is 340 g/mol. The van der Waals surface area contributed by atoms with E-state index in [1.54, 1.807) is 0 Å². The molecule has 0 spiro atoms. The average molecular weight is 385 g/mol. The zero-order chi connectivity index (χ0) is 19.0. The highest BCUT2D eigenvalue weighted by Crippen LogP contribution is 2.47. The first kappa shape index (κ1) is 22.2. The van der Waals surface area contributed by atoms with Gasteiger partial charge in [0.15, 0.2) is 9.84 Å². The third kappa shape index (κ3) is 5.49. The zero-order valence-electron chi connectivity index (χ0n) is 17.8. The highest BCUT2D eigenvalue weighted by molar-refractivity contribution is 7.92. The topological polar surface area (TPSA) is 34.1 Å². The largest absolute Gasteiger partial charge is 0.228 e. The molecule has 2 aliphatic rings. The predicted molar refractivity (Wildman–Crippen MR) is 113 cm³/mol. The first-order chi connectivity index (χ1) is 12.5. The summed E-state index contributed by atoms with van der Waals surface area (Å²) in [6.07, 6.45) is 18.5. The molecule has 2 fully saturated rings. The summed E-state index contributed by atoms with van der Waals surface area (Å²) in [6, 6.07) is 0. The van der Waals surface area contributed by atoms with Crippen molar-refractivity contribution in [2.24, 2.45) is 17.8 Å². The quantitative estimate of drug-likeness (QED) is 0.383. The lowest BCUT2D eigenvalue weighted by molar-refractivity contribution is 0.145. The molecule has 0 aromatic heterocycles. The van der Waals surface area contributed by atoms with E-state index in [1.165, 1.54) is 51.4 Å². The second-order valence-corrected chi connectivity index (χ2v) is 12.0. The lowest BCUT2D eigenvalue weighted by atomic mass is 9.68. The molecule has 0 N–H and O–H groups in total. The van der Waals surface area contributed by atoms with Crippen molar-refractivity contribution in [1.29, 1.82) is 0 Å². The molecular formula is C23H44O2S. The van der Waals surface area contributed by atoms with E-state index >= 15 is 0 Å². The Hall–Kier alpha value is -0.0500. The lowest BCUT2D eigenvalue weighted by Crippen LogP contribution is -2.44. The van der Waals surface area contributed by atoms with Crippen LogP contribution in [0.3, 0.4) is 0 Å². The monoisotopic (exact) mass is 384 g/mol. The number of unbranched alkanes of at least 4 members (excludes halogenated alkanes) is 3. The molecule has 0 aliphatic heterocycles. The van der Waals surface area contributed by atoms with Crippen molar-refractivity contribution in [2.45, 2.75) is 122 Å². The van der Waals surface area contributed by atoms with Gasteiger partial charge in [-0.2, -0.15) is 0 Å². The molecule has 0 aromatic rings. The van der Waals surface area contributed by atoms with E-state index in [1.807, 2.05) is 6.92 Å². The van der Waals surface area contributed by atoms with Crippen LogP contribution < -0.4 is 0 Å². The molecule has 0 aromatic carbocycles. The summed E-state index contributed by atoms with van der Waals surface area (Å²) in [4.78, 5) is 0. The normalized spacial score (nSPS) is 33.3. The number of hydrogen-bond acceptors (Lipinski definition) is 2. The Morgan fingerprint density at radius 1 is 0.769 bits per heavy atom. The van der Waals surface area contributed by atoms with Gasteiger partial charge >= 0.3 is 0 Å². The minimum Gasteiger partial charge on any atom is -0.228 e. The van der Waals surface area contributed by atoms with E-state index in [-0.39, 0.29) is 4.75 Å². The van der Waals surface area contributed by atoms with Crippen molar-refractivity contribution in [3.63, 3.8) is 0 Å². The maximum atomic E-state index is 12.8. The second kappa shape index (κ2) is 10.5. The fourth-order valence-electron chi connectivity index (χ4n) is 5.79. The van der Waals surface area contributed by atoms with Crippen LogP contribution in [0.15, 0.2) is 0 Å². The zero-order valence-corrected chi connectivity index (χ0v) is 18.6. The van der Waals surface area contributed by atoms with Gasteiger partial charge in [-0.3, -0.25) is 0 Å². The minimum atomic E-state index is -2.93. The van der Waals surface area contributed by atoms with Gasteiger partial charge in [0, 0.05) is 5.75 Å². The molecule has 0 bridgehead atoms. The van der Waals surface area contributed by atoms with Gasteiger partial charge in [-0.1, -0.05) is 72.1 Å². The van der Waals surface area contributed by atoms with E-state index < -0.39 is 9.84 Å². The smallest absolute Gasteiger partial charge is 0.155 e. The Balaban J connectivity index is 1.85. The Morgan fingerprint density at radius 2 is 1.35 bits per heavy atom. The molecule has 26 heavy (non-hydrogen) atoms.